The van der Waals surface area contributed by atoms with E-state index >= 15 is 0 Å². The van der Waals surface area contributed by atoms with E-state index in [1.54, 1.807) is 18.5 Å². The van der Waals surface area contributed by atoms with Gasteiger partial charge in [0.15, 0.2) is 0 Å². The molecule has 1 N–H and O–H groups in total. The van der Waals surface area contributed by atoms with Gasteiger partial charge in [0.25, 0.3) is 5.91 Å². The number of piperidine rings is 1. The van der Waals surface area contributed by atoms with E-state index in [0.29, 0.717) is 43.9 Å². The Labute approximate surface area is 181 Å². The van der Waals surface area contributed by atoms with Crippen molar-refractivity contribution in [2.45, 2.75) is 25.8 Å². The molecule has 0 aliphatic carbocycles. The average molecular weight is 415 g/mol. The zero-order valence-electron chi connectivity index (χ0n) is 17.3. The number of benzene rings is 1. The summed E-state index contributed by atoms with van der Waals surface area (Å²) in [6.45, 7) is 2.64. The zero-order valence-corrected chi connectivity index (χ0v) is 17.3. The van der Waals surface area contributed by atoms with Gasteiger partial charge in [-0.1, -0.05) is 24.3 Å². The second-order valence-electron chi connectivity index (χ2n) is 8.25. The quantitative estimate of drug-likeness (QED) is 0.713. The highest BCUT2D eigenvalue weighted by Gasteiger charge is 2.32. The molecule has 0 saturated carbocycles. The van der Waals surface area contributed by atoms with Crippen LogP contribution in [0, 0.1) is 5.92 Å². The Hall–Kier alpha value is -3.48. The molecule has 7 nitrogen and oxygen atoms in total. The van der Waals surface area contributed by atoms with Gasteiger partial charge in [-0.25, -0.2) is 0 Å². The molecular weight excluding hydrogens is 390 g/mol. The third kappa shape index (κ3) is 3.95. The van der Waals surface area contributed by atoms with Crippen molar-refractivity contribution in [3.05, 3.63) is 71.7 Å². The van der Waals surface area contributed by atoms with Crippen LogP contribution in [0.1, 0.15) is 34.5 Å². The normalized spacial score (nSPS) is 16.8. The Morgan fingerprint density at radius 3 is 2.55 bits per heavy atom. The van der Waals surface area contributed by atoms with E-state index in [2.05, 4.69) is 33.4 Å². The molecule has 0 bridgehead atoms. The number of pyridine rings is 1. The van der Waals surface area contributed by atoms with Crippen molar-refractivity contribution in [1.29, 1.82) is 0 Å². The zero-order chi connectivity index (χ0) is 21.2. The van der Waals surface area contributed by atoms with Gasteiger partial charge < -0.3 is 9.80 Å². The topological polar surface area (TPSA) is 82.2 Å². The lowest BCUT2D eigenvalue weighted by atomic mass is 9.93. The second kappa shape index (κ2) is 8.34. The minimum atomic E-state index is -0.0690. The second-order valence-corrected chi connectivity index (χ2v) is 8.25. The lowest BCUT2D eigenvalue weighted by molar-refractivity contribution is -0.137. The van der Waals surface area contributed by atoms with Crippen molar-refractivity contribution >= 4 is 11.8 Å². The number of carbonyl (C=O) groups is 2. The highest BCUT2D eigenvalue weighted by Crippen LogP contribution is 2.25. The van der Waals surface area contributed by atoms with Gasteiger partial charge in [-0.05, 0) is 48.6 Å². The molecule has 0 spiro atoms. The molecule has 1 saturated heterocycles. The molecule has 2 aliphatic rings. The summed E-state index contributed by atoms with van der Waals surface area (Å²) < 4.78 is 0. The van der Waals surface area contributed by atoms with Crippen molar-refractivity contribution in [2.24, 2.45) is 5.92 Å². The van der Waals surface area contributed by atoms with E-state index < -0.39 is 0 Å². The van der Waals surface area contributed by atoms with Crippen molar-refractivity contribution in [2.75, 3.05) is 19.6 Å². The number of likely N-dealkylation sites (tertiary alicyclic amines) is 1. The SMILES string of the molecule is O=C(c1cc(-c2cccnc2)n[nH]1)N1CCC(C(=O)N2CCc3ccccc3C2)CC1. The third-order valence-electron chi connectivity index (χ3n) is 6.34. The van der Waals surface area contributed by atoms with Gasteiger partial charge >= 0.3 is 0 Å². The van der Waals surface area contributed by atoms with Crippen LogP contribution in [0.25, 0.3) is 11.3 Å². The number of rotatable bonds is 3. The first-order valence-corrected chi connectivity index (χ1v) is 10.8. The van der Waals surface area contributed by atoms with Gasteiger partial charge in [-0.2, -0.15) is 5.10 Å². The molecule has 0 unspecified atom stereocenters. The van der Waals surface area contributed by atoms with Gasteiger partial charge in [0, 0.05) is 50.1 Å². The number of hydrogen-bond acceptors (Lipinski definition) is 4. The molecule has 1 aromatic carbocycles. The van der Waals surface area contributed by atoms with E-state index in [4.69, 9.17) is 0 Å². The van der Waals surface area contributed by atoms with Crippen molar-refractivity contribution in [3.63, 3.8) is 0 Å². The van der Waals surface area contributed by atoms with Crippen LogP contribution in [0.15, 0.2) is 54.9 Å². The van der Waals surface area contributed by atoms with Crippen LogP contribution in [-0.2, 0) is 17.8 Å². The first kappa shape index (κ1) is 19.5. The maximum absolute atomic E-state index is 13.1. The van der Waals surface area contributed by atoms with E-state index in [9.17, 15) is 9.59 Å². The minimum absolute atomic E-state index is 0.0120. The molecular formula is C24H25N5O2. The molecule has 2 aliphatic heterocycles. The number of aromatic amines is 1. The lowest BCUT2D eigenvalue weighted by Gasteiger charge is -2.36. The molecule has 2 amide bonds. The first-order valence-electron chi connectivity index (χ1n) is 10.8. The van der Waals surface area contributed by atoms with Crippen molar-refractivity contribution in [3.8, 4) is 11.3 Å². The van der Waals surface area contributed by atoms with Crippen molar-refractivity contribution in [1.82, 2.24) is 25.0 Å². The summed E-state index contributed by atoms with van der Waals surface area (Å²) in [6, 6.07) is 13.9. The fourth-order valence-corrected chi connectivity index (χ4v) is 4.54. The number of aromatic nitrogens is 3. The van der Waals surface area contributed by atoms with E-state index in [0.717, 1.165) is 18.5 Å². The number of nitrogens with one attached hydrogen (secondary N) is 1. The van der Waals surface area contributed by atoms with Gasteiger partial charge in [-0.15, -0.1) is 0 Å². The monoisotopic (exact) mass is 415 g/mol. The first-order chi connectivity index (χ1) is 15.2. The Bertz CT molecular complexity index is 1090. The summed E-state index contributed by atoms with van der Waals surface area (Å²) in [6.07, 6.45) is 5.74. The standard InChI is InChI=1S/C24H25N5O2/c30-23(29-13-7-17-4-1-2-5-20(17)16-29)18-8-11-28(12-9-18)24(31)22-14-21(26-27-22)19-6-3-10-25-15-19/h1-6,10,14-15,18H,7-9,11-13,16H2,(H,26,27). The maximum atomic E-state index is 13.1. The fraction of sp³-hybridized carbons (Fsp3) is 0.333. The molecule has 31 heavy (non-hydrogen) atoms. The number of hydrogen-bond donors (Lipinski definition) is 1. The minimum Gasteiger partial charge on any atom is -0.338 e. The molecule has 4 heterocycles. The maximum Gasteiger partial charge on any atom is 0.271 e. The summed E-state index contributed by atoms with van der Waals surface area (Å²) in [4.78, 5) is 33.9. The highest BCUT2D eigenvalue weighted by atomic mass is 16.2. The van der Waals surface area contributed by atoms with Crippen LogP contribution in [-0.4, -0.2) is 56.4 Å². The summed E-state index contributed by atoms with van der Waals surface area (Å²) in [5.41, 5.74) is 4.63. The predicted molar refractivity (Wildman–Crippen MR) is 116 cm³/mol. The Morgan fingerprint density at radius 2 is 1.77 bits per heavy atom. The average Bonchev–Trinajstić information content (AvgIpc) is 3.34. The lowest BCUT2D eigenvalue weighted by Crippen LogP contribution is -2.45. The van der Waals surface area contributed by atoms with Crippen LogP contribution in [0.2, 0.25) is 0 Å². The molecule has 0 atom stereocenters. The van der Waals surface area contributed by atoms with Crippen LogP contribution in [0.5, 0.6) is 0 Å². The number of carbonyl (C=O) groups excluding carboxylic acids is 2. The van der Waals surface area contributed by atoms with Crippen LogP contribution in [0.3, 0.4) is 0 Å². The summed E-state index contributed by atoms with van der Waals surface area (Å²) in [5, 5.41) is 7.10. The van der Waals surface area contributed by atoms with Gasteiger partial charge in [0.2, 0.25) is 5.91 Å². The molecule has 158 valence electrons. The molecule has 1 fully saturated rings. The number of amides is 2. The Kier molecular flexibility index (Phi) is 5.24. The van der Waals surface area contributed by atoms with Gasteiger partial charge in [0.05, 0.1) is 5.69 Å². The molecule has 5 rings (SSSR count). The summed E-state index contributed by atoms with van der Waals surface area (Å²) >= 11 is 0. The largest absolute Gasteiger partial charge is 0.338 e. The number of nitrogens with zero attached hydrogens (tertiary/aromatic N) is 4. The summed E-state index contributed by atoms with van der Waals surface area (Å²) in [5.74, 6) is 0.143. The molecule has 0 radical (unpaired) electrons. The summed E-state index contributed by atoms with van der Waals surface area (Å²) in [7, 11) is 0. The van der Waals surface area contributed by atoms with E-state index in [1.165, 1.54) is 11.1 Å². The Morgan fingerprint density at radius 1 is 0.968 bits per heavy atom. The van der Waals surface area contributed by atoms with E-state index in [-0.39, 0.29) is 17.7 Å². The predicted octanol–water partition coefficient (Wildman–Crippen LogP) is 2.91. The van der Waals surface area contributed by atoms with Crippen LogP contribution in [0.4, 0.5) is 0 Å². The smallest absolute Gasteiger partial charge is 0.271 e. The number of fused-ring (bicyclic) bond motifs is 1. The third-order valence-corrected chi connectivity index (χ3v) is 6.34. The highest BCUT2D eigenvalue weighted by molar-refractivity contribution is 5.93. The fourth-order valence-electron chi connectivity index (χ4n) is 4.54. The van der Waals surface area contributed by atoms with Gasteiger partial charge in [-0.3, -0.25) is 19.7 Å². The van der Waals surface area contributed by atoms with Crippen LogP contribution >= 0.6 is 0 Å². The molecule has 3 aromatic rings. The molecule has 7 heteroatoms. The Balaban J connectivity index is 1.18. The van der Waals surface area contributed by atoms with E-state index in [1.807, 2.05) is 28.0 Å². The van der Waals surface area contributed by atoms with Gasteiger partial charge in [0.1, 0.15) is 5.69 Å². The molecule has 2 aromatic heterocycles. The van der Waals surface area contributed by atoms with Crippen LogP contribution < -0.4 is 0 Å². The van der Waals surface area contributed by atoms with Crippen molar-refractivity contribution < 1.29 is 9.59 Å². The number of H-pyrrole nitrogens is 1.